The Labute approximate surface area is 264 Å². The van der Waals surface area contributed by atoms with E-state index in [0.717, 1.165) is 77.6 Å². The van der Waals surface area contributed by atoms with Crippen LogP contribution in [-0.2, 0) is 0 Å². The van der Waals surface area contributed by atoms with E-state index in [1.165, 1.54) is 83.8 Å². The van der Waals surface area contributed by atoms with Crippen LogP contribution in [0.15, 0.2) is 0 Å². The third-order valence-electron chi connectivity index (χ3n) is 13.2. The summed E-state index contributed by atoms with van der Waals surface area (Å²) in [5.41, 5.74) is 0.666. The lowest BCUT2D eigenvalue weighted by Gasteiger charge is -2.45. The van der Waals surface area contributed by atoms with E-state index < -0.39 is 0 Å². The molecule has 0 aromatic rings. The Kier molecular flexibility index (Phi) is 12.0. The maximum absolute atomic E-state index is 2.80. The first kappa shape index (κ1) is 34.7. The molecule has 6 fully saturated rings. The summed E-state index contributed by atoms with van der Waals surface area (Å²) in [6.45, 7) is 32.6. The van der Waals surface area contributed by atoms with Crippen LogP contribution in [0.4, 0.5) is 0 Å². The van der Waals surface area contributed by atoms with Gasteiger partial charge in [0, 0.05) is 55.4 Å². The van der Waals surface area contributed by atoms with E-state index in [4.69, 9.17) is 0 Å². The van der Waals surface area contributed by atoms with Crippen LogP contribution in [0.1, 0.15) is 147 Å². The van der Waals surface area contributed by atoms with Crippen LogP contribution in [0.25, 0.3) is 0 Å². The normalized spacial score (nSPS) is 36.3. The predicted octanol–water partition coefficient (Wildman–Crippen LogP) is 9.60. The summed E-state index contributed by atoms with van der Waals surface area (Å²) in [6.07, 6.45) is 14.8. The Morgan fingerprint density at radius 3 is 1.64 bits per heavy atom. The standard InChI is InChI=1S/C14H27N.C13H25N.C12H23N/c1-10(2)13-8-12-6-5-7-14(12)15(9-13)11(3)4;1-10(2)12-5-6-13(7-8-13)14(9-12)11(3)4;1-8(2)11-5-10-6-12(11)13(7-10)9(3)4/h10-14H,5-9H2,1-4H3;10-12H,5-9H2,1-4H3;8-12H,5-7H2,1-4H3. The van der Waals surface area contributed by atoms with Gasteiger partial charge in [-0.1, -0.05) is 48.0 Å². The summed E-state index contributed by atoms with van der Waals surface area (Å²) in [5, 5.41) is 0. The second kappa shape index (κ2) is 14.5. The van der Waals surface area contributed by atoms with E-state index >= 15 is 0 Å². The molecule has 6 aliphatic rings. The van der Waals surface area contributed by atoms with E-state index in [1.807, 2.05) is 0 Å². The van der Waals surface area contributed by atoms with Crippen molar-refractivity contribution in [2.45, 2.75) is 183 Å². The van der Waals surface area contributed by atoms with Gasteiger partial charge in [0.05, 0.1) is 0 Å². The van der Waals surface area contributed by atoms with Gasteiger partial charge >= 0.3 is 0 Å². The fourth-order valence-electron chi connectivity index (χ4n) is 10.2. The maximum Gasteiger partial charge on any atom is 0.0213 e. The van der Waals surface area contributed by atoms with Gasteiger partial charge in [-0.15, -0.1) is 0 Å². The van der Waals surface area contributed by atoms with Crippen LogP contribution >= 0.6 is 0 Å². The third-order valence-corrected chi connectivity index (χ3v) is 13.2. The van der Waals surface area contributed by atoms with Crippen molar-refractivity contribution in [3.8, 4) is 0 Å². The first-order valence-corrected chi connectivity index (χ1v) is 19.0. The Morgan fingerprint density at radius 1 is 0.524 bits per heavy atom. The van der Waals surface area contributed by atoms with Crippen molar-refractivity contribution in [2.75, 3.05) is 19.6 Å². The Bertz CT molecular complexity index is 792. The SMILES string of the molecule is CC(C)C1CC2CC1N(C(C)C)C2.CC(C)C1CC2CCCC2N(C(C)C)C1.CC(C)C1CCC2(CC2)N(C(C)C)C1. The van der Waals surface area contributed by atoms with Gasteiger partial charge in [-0.25, -0.2) is 0 Å². The van der Waals surface area contributed by atoms with Crippen molar-refractivity contribution >= 4 is 0 Å². The van der Waals surface area contributed by atoms with Gasteiger partial charge in [-0.3, -0.25) is 14.7 Å². The highest BCUT2D eigenvalue weighted by molar-refractivity contribution is 5.07. The molecule has 3 aliphatic heterocycles. The molecule has 3 saturated carbocycles. The van der Waals surface area contributed by atoms with Gasteiger partial charge in [-0.2, -0.15) is 0 Å². The van der Waals surface area contributed by atoms with Crippen LogP contribution in [0.5, 0.6) is 0 Å². The van der Waals surface area contributed by atoms with Crippen molar-refractivity contribution in [1.82, 2.24) is 14.7 Å². The van der Waals surface area contributed by atoms with Crippen molar-refractivity contribution in [3.05, 3.63) is 0 Å². The average molecular weight is 586 g/mol. The molecule has 3 heterocycles. The van der Waals surface area contributed by atoms with Gasteiger partial charge in [0.25, 0.3) is 0 Å². The van der Waals surface area contributed by atoms with Gasteiger partial charge in [-0.05, 0) is 147 Å². The van der Waals surface area contributed by atoms with Crippen LogP contribution < -0.4 is 0 Å². The van der Waals surface area contributed by atoms with Crippen LogP contribution in [0.3, 0.4) is 0 Å². The Balaban J connectivity index is 0.000000145. The van der Waals surface area contributed by atoms with Gasteiger partial charge < -0.3 is 0 Å². The number of likely N-dealkylation sites (tertiary alicyclic amines) is 3. The molecule has 246 valence electrons. The van der Waals surface area contributed by atoms with Crippen LogP contribution in [-0.4, -0.2) is 70.1 Å². The average Bonchev–Trinajstić information content (AvgIpc) is 3.29. The summed E-state index contributed by atoms with van der Waals surface area (Å²) >= 11 is 0. The van der Waals surface area contributed by atoms with Gasteiger partial charge in [0.2, 0.25) is 0 Å². The topological polar surface area (TPSA) is 9.72 Å². The van der Waals surface area contributed by atoms with Crippen molar-refractivity contribution in [3.63, 3.8) is 0 Å². The molecule has 3 aliphatic carbocycles. The molecular formula is C39H75N3. The first-order valence-electron chi connectivity index (χ1n) is 19.0. The van der Waals surface area contributed by atoms with Crippen molar-refractivity contribution in [2.24, 2.45) is 47.3 Å². The molecule has 0 N–H and O–H groups in total. The quantitative estimate of drug-likeness (QED) is 0.307. The van der Waals surface area contributed by atoms with E-state index in [1.54, 1.807) is 0 Å². The lowest BCUT2D eigenvalue weighted by Crippen LogP contribution is -2.50. The summed E-state index contributed by atoms with van der Waals surface area (Å²) in [6, 6.07) is 4.11. The van der Waals surface area contributed by atoms with Gasteiger partial charge in [0.1, 0.15) is 0 Å². The monoisotopic (exact) mass is 586 g/mol. The summed E-state index contributed by atoms with van der Waals surface area (Å²) in [7, 11) is 0. The van der Waals surface area contributed by atoms with Crippen molar-refractivity contribution < 1.29 is 0 Å². The number of hydrogen-bond donors (Lipinski definition) is 0. The molecule has 0 radical (unpaired) electrons. The van der Waals surface area contributed by atoms with E-state index in [2.05, 4.69) is 97.8 Å². The number of hydrogen-bond acceptors (Lipinski definition) is 3. The maximum atomic E-state index is 2.80. The highest BCUT2D eigenvalue weighted by Crippen LogP contribution is 2.51. The summed E-state index contributed by atoms with van der Waals surface area (Å²) in [5.74, 6) is 7.56. The molecule has 6 rings (SSSR count). The molecule has 1 spiro atoms. The van der Waals surface area contributed by atoms with E-state index in [0.29, 0.717) is 5.54 Å². The van der Waals surface area contributed by atoms with Crippen LogP contribution in [0, 0.1) is 47.3 Å². The zero-order valence-electron chi connectivity index (χ0n) is 30.5. The highest BCUT2D eigenvalue weighted by atomic mass is 15.3. The molecule has 7 atom stereocenters. The minimum Gasteiger partial charge on any atom is -0.297 e. The zero-order valence-corrected chi connectivity index (χ0v) is 30.5. The van der Waals surface area contributed by atoms with E-state index in [-0.39, 0.29) is 0 Å². The molecule has 2 bridgehead atoms. The molecule has 42 heavy (non-hydrogen) atoms. The minimum absolute atomic E-state index is 0.666. The third kappa shape index (κ3) is 7.99. The summed E-state index contributed by atoms with van der Waals surface area (Å²) in [4.78, 5) is 8.33. The molecule has 3 heteroatoms. The number of nitrogens with zero attached hydrogens (tertiary/aromatic N) is 3. The fraction of sp³-hybridized carbons (Fsp3) is 1.00. The fourth-order valence-corrected chi connectivity index (χ4v) is 10.2. The smallest absolute Gasteiger partial charge is 0.0213 e. The lowest BCUT2D eigenvalue weighted by molar-refractivity contribution is 0.0316. The molecule has 0 aromatic carbocycles. The number of piperidine rings is 3. The minimum atomic E-state index is 0.666. The largest absolute Gasteiger partial charge is 0.297 e. The second-order valence-electron chi connectivity index (χ2n) is 17.9. The molecular weight excluding hydrogens is 510 g/mol. The Morgan fingerprint density at radius 2 is 1.14 bits per heavy atom. The predicted molar refractivity (Wildman–Crippen MR) is 184 cm³/mol. The molecule has 0 amide bonds. The molecule has 0 aromatic heterocycles. The van der Waals surface area contributed by atoms with Crippen molar-refractivity contribution in [1.29, 1.82) is 0 Å². The molecule has 3 nitrogen and oxygen atoms in total. The van der Waals surface area contributed by atoms with Crippen LogP contribution in [0.2, 0.25) is 0 Å². The molecule has 7 unspecified atom stereocenters. The number of rotatable bonds is 6. The highest BCUT2D eigenvalue weighted by Gasteiger charge is 2.51. The van der Waals surface area contributed by atoms with E-state index in [9.17, 15) is 0 Å². The van der Waals surface area contributed by atoms with Gasteiger partial charge in [0.15, 0.2) is 0 Å². The number of fused-ring (bicyclic) bond motifs is 3. The summed E-state index contributed by atoms with van der Waals surface area (Å²) < 4.78 is 0. The molecule has 3 saturated heterocycles. The lowest BCUT2D eigenvalue weighted by atomic mass is 9.79. The first-order chi connectivity index (χ1) is 19.7. The zero-order chi connectivity index (χ0) is 30.9. The second-order valence-corrected chi connectivity index (χ2v) is 17.9. The Hall–Kier alpha value is -0.120.